The molecule has 0 aliphatic heterocycles. The summed E-state index contributed by atoms with van der Waals surface area (Å²) in [5.41, 5.74) is 5.44. The van der Waals surface area contributed by atoms with Gasteiger partial charge in [-0.25, -0.2) is 0 Å². The van der Waals surface area contributed by atoms with E-state index in [0.717, 1.165) is 0 Å². The Hall–Kier alpha value is -1.23. The summed E-state index contributed by atoms with van der Waals surface area (Å²) in [6, 6.07) is 5.99. The Morgan fingerprint density at radius 3 is 2.24 bits per heavy atom. The summed E-state index contributed by atoms with van der Waals surface area (Å²) < 4.78 is 43.4. The van der Waals surface area contributed by atoms with Crippen molar-refractivity contribution >= 4 is 0 Å². The first-order chi connectivity index (χ1) is 7.99. The Kier molecular flexibility index (Phi) is 4.81. The summed E-state index contributed by atoms with van der Waals surface area (Å²) in [6.45, 7) is 2.32. The Morgan fingerprint density at radius 1 is 1.24 bits per heavy atom. The third-order valence-electron chi connectivity index (χ3n) is 2.44. The average molecular weight is 247 g/mol. The molecule has 0 aliphatic carbocycles. The fraction of sp³-hybridized carbons (Fsp3) is 0.500. The number of hydrogen-bond acceptors (Lipinski definition) is 2. The Balaban J connectivity index is 2.87. The van der Waals surface area contributed by atoms with Crippen molar-refractivity contribution in [3.63, 3.8) is 0 Å². The second kappa shape index (κ2) is 5.91. The largest absolute Gasteiger partial charge is 0.494 e. The van der Waals surface area contributed by atoms with Crippen LogP contribution in [-0.2, 0) is 0 Å². The van der Waals surface area contributed by atoms with E-state index in [-0.39, 0.29) is 18.5 Å². The van der Waals surface area contributed by atoms with Gasteiger partial charge in [-0.2, -0.15) is 13.2 Å². The van der Waals surface area contributed by atoms with E-state index >= 15 is 0 Å². The zero-order valence-corrected chi connectivity index (χ0v) is 9.63. The quantitative estimate of drug-likeness (QED) is 0.867. The molecule has 2 N–H and O–H groups in total. The molecule has 0 saturated heterocycles. The van der Waals surface area contributed by atoms with Gasteiger partial charge in [0.15, 0.2) is 0 Å². The van der Waals surface area contributed by atoms with Crippen molar-refractivity contribution in [2.45, 2.75) is 25.4 Å². The standard InChI is InChI=1S/C12H16F3NO/c1-2-17-10-5-3-9(4-6-10)11(7-8-16)12(13,14)15/h3-6,11H,2,7-8,16H2,1H3. The maximum atomic E-state index is 12.8. The van der Waals surface area contributed by atoms with E-state index in [1.54, 1.807) is 12.1 Å². The SMILES string of the molecule is CCOc1ccc(C(CCN)C(F)(F)F)cc1. The van der Waals surface area contributed by atoms with Crippen LogP contribution in [0.5, 0.6) is 5.75 Å². The molecule has 0 amide bonds. The molecule has 1 rings (SSSR count). The predicted octanol–water partition coefficient (Wildman–Crippen LogP) is 3.08. The molecule has 2 nitrogen and oxygen atoms in total. The molecule has 0 bridgehead atoms. The highest BCUT2D eigenvalue weighted by atomic mass is 19.4. The van der Waals surface area contributed by atoms with Gasteiger partial charge < -0.3 is 10.5 Å². The summed E-state index contributed by atoms with van der Waals surface area (Å²) in [6.07, 6.45) is -4.36. The van der Waals surface area contributed by atoms with E-state index in [1.165, 1.54) is 12.1 Å². The second-order valence-corrected chi connectivity index (χ2v) is 3.67. The molecule has 0 spiro atoms. The molecule has 0 aliphatic rings. The number of halogens is 3. The highest BCUT2D eigenvalue weighted by Gasteiger charge is 2.39. The van der Waals surface area contributed by atoms with E-state index < -0.39 is 12.1 Å². The number of alkyl halides is 3. The molecule has 17 heavy (non-hydrogen) atoms. The first-order valence-electron chi connectivity index (χ1n) is 5.48. The number of benzene rings is 1. The predicted molar refractivity (Wildman–Crippen MR) is 60.1 cm³/mol. The zero-order valence-electron chi connectivity index (χ0n) is 9.63. The monoisotopic (exact) mass is 247 g/mol. The normalized spacial score (nSPS) is 13.5. The third-order valence-corrected chi connectivity index (χ3v) is 2.44. The molecule has 96 valence electrons. The van der Waals surface area contributed by atoms with Crippen LogP contribution in [0.1, 0.15) is 24.8 Å². The lowest BCUT2D eigenvalue weighted by Crippen LogP contribution is -2.23. The molecule has 0 aromatic heterocycles. The van der Waals surface area contributed by atoms with Crippen LogP contribution in [0.15, 0.2) is 24.3 Å². The summed E-state index contributed by atoms with van der Waals surface area (Å²) in [5, 5.41) is 0. The Bertz CT molecular complexity index is 335. The van der Waals surface area contributed by atoms with Crippen LogP contribution in [-0.4, -0.2) is 19.3 Å². The lowest BCUT2D eigenvalue weighted by Gasteiger charge is -2.20. The average Bonchev–Trinajstić information content (AvgIpc) is 2.26. The number of ether oxygens (including phenoxy) is 1. The summed E-state index contributed by atoms with van der Waals surface area (Å²) in [5.74, 6) is -0.923. The van der Waals surface area contributed by atoms with Gasteiger partial charge in [-0.15, -0.1) is 0 Å². The number of rotatable bonds is 5. The van der Waals surface area contributed by atoms with Crippen LogP contribution < -0.4 is 10.5 Å². The molecule has 0 radical (unpaired) electrons. The summed E-state index contributed by atoms with van der Waals surface area (Å²) in [7, 11) is 0. The van der Waals surface area contributed by atoms with Gasteiger partial charge in [0.1, 0.15) is 5.75 Å². The minimum Gasteiger partial charge on any atom is -0.494 e. The Labute approximate surface area is 98.6 Å². The van der Waals surface area contributed by atoms with Gasteiger partial charge in [0.05, 0.1) is 12.5 Å². The Morgan fingerprint density at radius 2 is 1.82 bits per heavy atom. The lowest BCUT2D eigenvalue weighted by atomic mass is 9.95. The summed E-state index contributed by atoms with van der Waals surface area (Å²) >= 11 is 0. The van der Waals surface area contributed by atoms with E-state index in [9.17, 15) is 13.2 Å². The van der Waals surface area contributed by atoms with Gasteiger partial charge in [-0.1, -0.05) is 12.1 Å². The van der Waals surface area contributed by atoms with Gasteiger partial charge in [-0.05, 0) is 37.6 Å². The van der Waals surface area contributed by atoms with E-state index in [1.807, 2.05) is 6.92 Å². The number of nitrogens with two attached hydrogens (primary N) is 1. The van der Waals surface area contributed by atoms with E-state index in [4.69, 9.17) is 10.5 Å². The van der Waals surface area contributed by atoms with Crippen LogP contribution >= 0.6 is 0 Å². The van der Waals surface area contributed by atoms with Gasteiger partial charge >= 0.3 is 6.18 Å². The fourth-order valence-corrected chi connectivity index (χ4v) is 1.65. The molecule has 1 unspecified atom stereocenters. The first kappa shape index (κ1) is 13.8. The van der Waals surface area contributed by atoms with Crippen molar-refractivity contribution < 1.29 is 17.9 Å². The third kappa shape index (κ3) is 3.93. The molecule has 5 heteroatoms. The topological polar surface area (TPSA) is 35.2 Å². The maximum absolute atomic E-state index is 12.8. The van der Waals surface area contributed by atoms with Crippen LogP contribution in [0.4, 0.5) is 13.2 Å². The van der Waals surface area contributed by atoms with Gasteiger partial charge in [0.25, 0.3) is 0 Å². The van der Waals surface area contributed by atoms with E-state index in [0.29, 0.717) is 12.4 Å². The van der Waals surface area contributed by atoms with E-state index in [2.05, 4.69) is 0 Å². The molecular weight excluding hydrogens is 231 g/mol. The minimum atomic E-state index is -4.26. The molecule has 0 fully saturated rings. The fourth-order valence-electron chi connectivity index (χ4n) is 1.65. The van der Waals surface area contributed by atoms with Crippen molar-refractivity contribution in [3.05, 3.63) is 29.8 Å². The van der Waals surface area contributed by atoms with Crippen LogP contribution in [0, 0.1) is 0 Å². The summed E-state index contributed by atoms with van der Waals surface area (Å²) in [4.78, 5) is 0. The highest BCUT2D eigenvalue weighted by Crippen LogP contribution is 2.37. The zero-order chi connectivity index (χ0) is 12.9. The smallest absolute Gasteiger partial charge is 0.395 e. The highest BCUT2D eigenvalue weighted by molar-refractivity contribution is 5.30. The molecule has 0 heterocycles. The number of hydrogen-bond donors (Lipinski definition) is 1. The van der Waals surface area contributed by atoms with Crippen LogP contribution in [0.2, 0.25) is 0 Å². The first-order valence-corrected chi connectivity index (χ1v) is 5.48. The van der Waals surface area contributed by atoms with Crippen LogP contribution in [0.25, 0.3) is 0 Å². The molecule has 1 aromatic carbocycles. The minimum absolute atomic E-state index is 0.0113. The van der Waals surface area contributed by atoms with Crippen molar-refractivity contribution in [1.29, 1.82) is 0 Å². The molecule has 0 saturated carbocycles. The van der Waals surface area contributed by atoms with Crippen molar-refractivity contribution in [2.75, 3.05) is 13.2 Å². The van der Waals surface area contributed by atoms with Crippen molar-refractivity contribution in [2.24, 2.45) is 5.73 Å². The lowest BCUT2D eigenvalue weighted by molar-refractivity contribution is -0.151. The molecule has 1 aromatic rings. The van der Waals surface area contributed by atoms with Gasteiger partial charge in [-0.3, -0.25) is 0 Å². The van der Waals surface area contributed by atoms with Crippen molar-refractivity contribution in [3.8, 4) is 5.75 Å². The maximum Gasteiger partial charge on any atom is 0.395 e. The van der Waals surface area contributed by atoms with Gasteiger partial charge in [0.2, 0.25) is 0 Å². The van der Waals surface area contributed by atoms with Gasteiger partial charge in [0, 0.05) is 0 Å². The molecular formula is C12H16F3NO. The van der Waals surface area contributed by atoms with Crippen molar-refractivity contribution in [1.82, 2.24) is 0 Å². The molecule has 1 atom stereocenters. The second-order valence-electron chi connectivity index (χ2n) is 3.67. The van der Waals surface area contributed by atoms with Crippen LogP contribution in [0.3, 0.4) is 0 Å².